The lowest BCUT2D eigenvalue weighted by atomic mass is 9.95. The van der Waals surface area contributed by atoms with Crippen molar-refractivity contribution in [2.24, 2.45) is 0 Å². The van der Waals surface area contributed by atoms with Crippen LogP contribution in [0.4, 0.5) is 9.18 Å². The number of amides is 2. The largest absolute Gasteiger partial charge is 0.494 e. The van der Waals surface area contributed by atoms with Gasteiger partial charge in [0.05, 0.1) is 35.5 Å². The molecular formula is C23H25FN2O6S. The molecule has 0 aliphatic carbocycles. The highest BCUT2D eigenvalue weighted by atomic mass is 32.2. The Labute approximate surface area is 191 Å². The molecule has 0 fully saturated rings. The molecule has 0 bridgehead atoms. The van der Waals surface area contributed by atoms with E-state index in [1.54, 1.807) is 31.2 Å². The molecule has 2 N–H and O–H groups in total. The predicted molar refractivity (Wildman–Crippen MR) is 119 cm³/mol. The van der Waals surface area contributed by atoms with Gasteiger partial charge in [0, 0.05) is 5.70 Å². The van der Waals surface area contributed by atoms with Crippen molar-refractivity contribution < 1.29 is 31.9 Å². The fourth-order valence-corrected chi connectivity index (χ4v) is 4.84. The van der Waals surface area contributed by atoms with E-state index in [2.05, 4.69) is 10.6 Å². The molecule has 3 rings (SSSR count). The molecule has 176 valence electrons. The van der Waals surface area contributed by atoms with Crippen molar-refractivity contribution in [3.05, 3.63) is 70.7 Å². The van der Waals surface area contributed by atoms with Crippen molar-refractivity contribution in [2.75, 3.05) is 19.0 Å². The summed E-state index contributed by atoms with van der Waals surface area (Å²) in [6.45, 7) is 5.45. The molecule has 1 heterocycles. The van der Waals surface area contributed by atoms with Crippen molar-refractivity contribution in [3.63, 3.8) is 0 Å². The van der Waals surface area contributed by atoms with Crippen LogP contribution in [0.5, 0.6) is 5.75 Å². The summed E-state index contributed by atoms with van der Waals surface area (Å²) < 4.78 is 50.3. The van der Waals surface area contributed by atoms with Crippen LogP contribution in [-0.2, 0) is 19.4 Å². The molecule has 0 unspecified atom stereocenters. The summed E-state index contributed by atoms with van der Waals surface area (Å²) in [5.74, 6) is -1.36. The van der Waals surface area contributed by atoms with E-state index in [4.69, 9.17) is 9.47 Å². The zero-order valence-electron chi connectivity index (χ0n) is 18.5. The molecule has 8 nitrogen and oxygen atoms in total. The number of halogens is 1. The number of esters is 1. The van der Waals surface area contributed by atoms with Gasteiger partial charge in [0.2, 0.25) is 0 Å². The number of rotatable bonds is 8. The first-order valence-corrected chi connectivity index (χ1v) is 12.0. The standard InChI is InChI=1S/C23H25FN2O6S/c1-4-31-16-8-6-15(7-9-16)21-20(22(27)32-5-2)19(25-23(28)26-21)13-33(29,30)17-10-11-18(24)14(3)12-17/h6-12,21H,4-5,13H2,1-3H3,(H2,25,26,28)/t21-/m0/s1. The zero-order chi connectivity index (χ0) is 24.2. The quantitative estimate of drug-likeness (QED) is 0.447. The number of urea groups is 1. The maximum Gasteiger partial charge on any atom is 0.338 e. The third-order valence-electron chi connectivity index (χ3n) is 5.00. The van der Waals surface area contributed by atoms with Gasteiger partial charge in [-0.1, -0.05) is 12.1 Å². The average molecular weight is 477 g/mol. The number of sulfone groups is 1. The van der Waals surface area contributed by atoms with Gasteiger partial charge in [0.15, 0.2) is 9.84 Å². The lowest BCUT2D eigenvalue weighted by Crippen LogP contribution is -2.47. The molecule has 0 saturated carbocycles. The molecule has 1 aliphatic rings. The minimum atomic E-state index is -4.02. The van der Waals surface area contributed by atoms with E-state index >= 15 is 0 Å². The van der Waals surface area contributed by atoms with Crippen molar-refractivity contribution in [3.8, 4) is 5.75 Å². The lowest BCUT2D eigenvalue weighted by Gasteiger charge is -2.29. The van der Waals surface area contributed by atoms with Gasteiger partial charge in [-0.15, -0.1) is 0 Å². The van der Waals surface area contributed by atoms with E-state index in [0.29, 0.717) is 17.9 Å². The Morgan fingerprint density at radius 1 is 1.09 bits per heavy atom. The fourth-order valence-electron chi connectivity index (χ4n) is 3.44. The summed E-state index contributed by atoms with van der Waals surface area (Å²) in [5.41, 5.74) is 0.585. The van der Waals surface area contributed by atoms with Gasteiger partial charge in [-0.25, -0.2) is 22.4 Å². The van der Waals surface area contributed by atoms with Gasteiger partial charge in [-0.05, 0) is 62.2 Å². The molecule has 33 heavy (non-hydrogen) atoms. The van der Waals surface area contributed by atoms with Crippen molar-refractivity contribution >= 4 is 21.8 Å². The van der Waals surface area contributed by atoms with Gasteiger partial charge in [-0.2, -0.15) is 0 Å². The summed E-state index contributed by atoms with van der Waals surface area (Å²) in [7, 11) is -4.02. The van der Waals surface area contributed by atoms with Crippen LogP contribution < -0.4 is 15.4 Å². The van der Waals surface area contributed by atoms with E-state index in [-0.39, 0.29) is 28.3 Å². The SMILES string of the molecule is CCOC(=O)C1=C(CS(=O)(=O)c2ccc(F)c(C)c2)NC(=O)N[C@H]1c1ccc(OCC)cc1. The van der Waals surface area contributed by atoms with Crippen LogP contribution in [0.1, 0.15) is 31.0 Å². The van der Waals surface area contributed by atoms with Crippen molar-refractivity contribution in [2.45, 2.75) is 31.7 Å². The van der Waals surface area contributed by atoms with Crippen LogP contribution in [0, 0.1) is 12.7 Å². The topological polar surface area (TPSA) is 111 Å². The van der Waals surface area contributed by atoms with E-state index in [9.17, 15) is 22.4 Å². The summed E-state index contributed by atoms with van der Waals surface area (Å²) in [4.78, 5) is 25.1. The number of benzene rings is 2. The Kier molecular flexibility index (Phi) is 7.37. The molecule has 2 amide bonds. The molecule has 0 saturated heterocycles. The van der Waals surface area contributed by atoms with Gasteiger partial charge in [0.1, 0.15) is 11.6 Å². The van der Waals surface area contributed by atoms with Crippen LogP contribution in [0.15, 0.2) is 58.6 Å². The maximum atomic E-state index is 13.6. The highest BCUT2D eigenvalue weighted by Crippen LogP contribution is 2.30. The van der Waals surface area contributed by atoms with Gasteiger partial charge >= 0.3 is 12.0 Å². The maximum absolute atomic E-state index is 13.6. The van der Waals surface area contributed by atoms with Crippen LogP contribution in [0.25, 0.3) is 0 Å². The van der Waals surface area contributed by atoms with E-state index in [1.165, 1.54) is 13.0 Å². The van der Waals surface area contributed by atoms with E-state index in [1.807, 2.05) is 6.92 Å². The zero-order valence-corrected chi connectivity index (χ0v) is 19.3. The first kappa shape index (κ1) is 24.2. The Balaban J connectivity index is 2.07. The van der Waals surface area contributed by atoms with Crippen LogP contribution in [-0.4, -0.2) is 39.4 Å². The second-order valence-corrected chi connectivity index (χ2v) is 9.31. The number of hydrogen-bond donors (Lipinski definition) is 2. The molecule has 1 atom stereocenters. The van der Waals surface area contributed by atoms with Crippen LogP contribution >= 0.6 is 0 Å². The summed E-state index contributed by atoms with van der Waals surface area (Å²) in [5, 5.41) is 5.09. The highest BCUT2D eigenvalue weighted by Gasteiger charge is 2.35. The summed E-state index contributed by atoms with van der Waals surface area (Å²) in [6, 6.07) is 8.55. The fraction of sp³-hybridized carbons (Fsp3) is 0.304. The second-order valence-electron chi connectivity index (χ2n) is 7.32. The number of nitrogens with one attached hydrogen (secondary N) is 2. The minimum Gasteiger partial charge on any atom is -0.494 e. The minimum absolute atomic E-state index is 0.0250. The first-order valence-electron chi connectivity index (χ1n) is 10.4. The monoisotopic (exact) mass is 476 g/mol. The average Bonchev–Trinajstić information content (AvgIpc) is 2.75. The molecule has 0 radical (unpaired) electrons. The molecular weight excluding hydrogens is 451 g/mol. The van der Waals surface area contributed by atoms with Crippen LogP contribution in [0.3, 0.4) is 0 Å². The van der Waals surface area contributed by atoms with Gasteiger partial charge in [0.25, 0.3) is 0 Å². The lowest BCUT2D eigenvalue weighted by molar-refractivity contribution is -0.139. The van der Waals surface area contributed by atoms with Crippen LogP contribution in [0.2, 0.25) is 0 Å². The smallest absolute Gasteiger partial charge is 0.338 e. The molecule has 2 aromatic rings. The van der Waals surface area contributed by atoms with Crippen molar-refractivity contribution in [1.29, 1.82) is 0 Å². The molecule has 2 aromatic carbocycles. The summed E-state index contributed by atoms with van der Waals surface area (Å²) in [6.07, 6.45) is 0. The number of carbonyl (C=O) groups excluding carboxylic acids is 2. The van der Waals surface area contributed by atoms with Gasteiger partial charge < -0.3 is 20.1 Å². The summed E-state index contributed by atoms with van der Waals surface area (Å²) >= 11 is 0. The Morgan fingerprint density at radius 3 is 2.39 bits per heavy atom. The third kappa shape index (κ3) is 5.51. The molecule has 0 aromatic heterocycles. The second kappa shape index (κ2) is 10.0. The number of hydrogen-bond acceptors (Lipinski definition) is 6. The number of carbonyl (C=O) groups is 2. The van der Waals surface area contributed by atoms with E-state index in [0.717, 1.165) is 12.1 Å². The van der Waals surface area contributed by atoms with Crippen molar-refractivity contribution in [1.82, 2.24) is 10.6 Å². The Hall–Kier alpha value is -3.40. The van der Waals surface area contributed by atoms with E-state index < -0.39 is 39.4 Å². The number of aryl methyl sites for hydroxylation is 1. The highest BCUT2D eigenvalue weighted by molar-refractivity contribution is 7.91. The number of ether oxygens (including phenoxy) is 2. The van der Waals surface area contributed by atoms with Gasteiger partial charge in [-0.3, -0.25) is 0 Å². The molecule has 1 aliphatic heterocycles. The normalized spacial score (nSPS) is 16.1. The predicted octanol–water partition coefficient (Wildman–Crippen LogP) is 3.18. The molecule has 0 spiro atoms. The molecule has 10 heteroatoms. The third-order valence-corrected chi connectivity index (χ3v) is 6.64. The first-order chi connectivity index (χ1) is 15.7. The Bertz CT molecular complexity index is 1190. The Morgan fingerprint density at radius 2 is 1.79 bits per heavy atom.